The molecule has 3 heteroatoms. The molecule has 1 aliphatic rings. The van der Waals surface area contributed by atoms with E-state index in [0.717, 1.165) is 45.4 Å². The summed E-state index contributed by atoms with van der Waals surface area (Å²) in [5.41, 5.74) is 1.39. The molecule has 1 aliphatic heterocycles. The molecule has 2 aromatic carbocycles. The monoisotopic (exact) mass is 338 g/mol. The van der Waals surface area contributed by atoms with Gasteiger partial charge in [0.05, 0.1) is 0 Å². The van der Waals surface area contributed by atoms with E-state index in [2.05, 4.69) is 59.6 Å². The summed E-state index contributed by atoms with van der Waals surface area (Å²) in [5.74, 6) is 0.464. The molecule has 1 saturated heterocycles. The van der Waals surface area contributed by atoms with E-state index in [1.54, 1.807) is 0 Å². The molecule has 0 atom stereocenters. The highest BCUT2D eigenvalue weighted by Crippen LogP contribution is 2.23. The normalized spacial score (nSPS) is 16.2. The molecule has 2 aromatic rings. The van der Waals surface area contributed by atoms with E-state index >= 15 is 0 Å². The van der Waals surface area contributed by atoms with Gasteiger partial charge in [-0.05, 0) is 48.7 Å². The first kappa shape index (κ1) is 17.9. The Kier molecular flexibility index (Phi) is 6.46. The Labute approximate surface area is 151 Å². The number of unbranched alkanes of at least 4 members (excludes halogenated alkanes) is 2. The second kappa shape index (κ2) is 9.00. The highest BCUT2D eigenvalue weighted by atomic mass is 16.1. The van der Waals surface area contributed by atoms with Gasteiger partial charge in [0.25, 0.3) is 0 Å². The van der Waals surface area contributed by atoms with Crippen molar-refractivity contribution in [2.45, 2.75) is 45.6 Å². The predicted molar refractivity (Wildman–Crippen MR) is 104 cm³/mol. The Morgan fingerprint density at radius 1 is 1.08 bits per heavy atom. The molecule has 0 aromatic heterocycles. The van der Waals surface area contributed by atoms with Crippen molar-refractivity contribution < 1.29 is 4.79 Å². The number of amides is 1. The number of carbonyl (C=O) groups excluding carboxylic acids is 1. The molecule has 1 fully saturated rings. The van der Waals surface area contributed by atoms with E-state index in [4.69, 9.17) is 0 Å². The summed E-state index contributed by atoms with van der Waals surface area (Å²) in [6, 6.07) is 15.1. The van der Waals surface area contributed by atoms with Gasteiger partial charge in [0.1, 0.15) is 0 Å². The number of nitrogens with zero attached hydrogens (tertiary/aromatic N) is 1. The summed E-state index contributed by atoms with van der Waals surface area (Å²) in [5, 5.41) is 5.77. The van der Waals surface area contributed by atoms with Crippen molar-refractivity contribution in [1.82, 2.24) is 10.2 Å². The van der Waals surface area contributed by atoms with Gasteiger partial charge in [-0.25, -0.2) is 0 Å². The molecule has 0 aliphatic carbocycles. The van der Waals surface area contributed by atoms with E-state index in [1.165, 1.54) is 29.2 Å². The van der Waals surface area contributed by atoms with E-state index in [9.17, 15) is 4.79 Å². The maximum atomic E-state index is 12.3. The third-order valence-corrected chi connectivity index (χ3v) is 5.31. The fourth-order valence-corrected chi connectivity index (χ4v) is 3.76. The Morgan fingerprint density at radius 2 is 1.84 bits per heavy atom. The maximum absolute atomic E-state index is 12.3. The first-order chi connectivity index (χ1) is 12.3. The van der Waals surface area contributed by atoms with Gasteiger partial charge in [0.2, 0.25) is 5.91 Å². The van der Waals surface area contributed by atoms with E-state index < -0.39 is 0 Å². The Morgan fingerprint density at radius 3 is 2.64 bits per heavy atom. The van der Waals surface area contributed by atoms with E-state index in [-0.39, 0.29) is 11.8 Å². The van der Waals surface area contributed by atoms with Crippen LogP contribution in [0.2, 0.25) is 0 Å². The SMILES string of the molecule is CCCCCNC(=O)C1CCN(Cc2cccc3ccccc23)CC1. The number of piperidine rings is 1. The summed E-state index contributed by atoms with van der Waals surface area (Å²) < 4.78 is 0. The summed E-state index contributed by atoms with van der Waals surface area (Å²) in [6.45, 7) is 6.02. The minimum atomic E-state index is 0.199. The lowest BCUT2D eigenvalue weighted by Crippen LogP contribution is -2.40. The largest absolute Gasteiger partial charge is 0.356 e. The first-order valence-corrected chi connectivity index (χ1v) is 9.74. The molecule has 134 valence electrons. The summed E-state index contributed by atoms with van der Waals surface area (Å²) >= 11 is 0. The summed E-state index contributed by atoms with van der Waals surface area (Å²) in [7, 11) is 0. The van der Waals surface area contributed by atoms with Gasteiger partial charge in [0.15, 0.2) is 0 Å². The van der Waals surface area contributed by atoms with Crippen LogP contribution in [0.15, 0.2) is 42.5 Å². The molecule has 0 radical (unpaired) electrons. The van der Waals surface area contributed by atoms with Crippen LogP contribution in [0.4, 0.5) is 0 Å². The first-order valence-electron chi connectivity index (χ1n) is 9.74. The van der Waals surface area contributed by atoms with Crippen molar-refractivity contribution in [3.8, 4) is 0 Å². The van der Waals surface area contributed by atoms with Crippen molar-refractivity contribution in [3.63, 3.8) is 0 Å². The van der Waals surface area contributed by atoms with Crippen LogP contribution in [0.1, 0.15) is 44.6 Å². The van der Waals surface area contributed by atoms with Gasteiger partial charge in [-0.2, -0.15) is 0 Å². The molecular weight excluding hydrogens is 308 g/mol. The topological polar surface area (TPSA) is 32.3 Å². The molecule has 1 heterocycles. The van der Waals surface area contributed by atoms with Crippen molar-refractivity contribution in [2.75, 3.05) is 19.6 Å². The van der Waals surface area contributed by atoms with Gasteiger partial charge in [-0.15, -0.1) is 0 Å². The van der Waals surface area contributed by atoms with E-state index in [1.807, 2.05) is 0 Å². The average Bonchev–Trinajstić information content (AvgIpc) is 2.66. The quantitative estimate of drug-likeness (QED) is 0.761. The number of nitrogens with one attached hydrogen (secondary N) is 1. The lowest BCUT2D eigenvalue weighted by atomic mass is 9.95. The molecule has 0 saturated carbocycles. The second-order valence-corrected chi connectivity index (χ2v) is 7.19. The van der Waals surface area contributed by atoms with Crippen molar-refractivity contribution in [2.24, 2.45) is 5.92 Å². The van der Waals surface area contributed by atoms with Gasteiger partial charge in [0, 0.05) is 19.0 Å². The highest BCUT2D eigenvalue weighted by Gasteiger charge is 2.24. The molecule has 3 nitrogen and oxygen atoms in total. The number of carbonyl (C=O) groups is 1. The number of fused-ring (bicyclic) bond motifs is 1. The number of likely N-dealkylation sites (tertiary alicyclic amines) is 1. The lowest BCUT2D eigenvalue weighted by molar-refractivity contribution is -0.126. The fourth-order valence-electron chi connectivity index (χ4n) is 3.76. The zero-order valence-corrected chi connectivity index (χ0v) is 15.3. The van der Waals surface area contributed by atoms with E-state index in [0.29, 0.717) is 0 Å². The Balaban J connectivity index is 1.50. The molecule has 0 unspecified atom stereocenters. The summed E-state index contributed by atoms with van der Waals surface area (Å²) in [4.78, 5) is 14.8. The molecule has 1 amide bonds. The zero-order valence-electron chi connectivity index (χ0n) is 15.3. The minimum Gasteiger partial charge on any atom is -0.356 e. The van der Waals surface area contributed by atoms with Crippen LogP contribution in [0.3, 0.4) is 0 Å². The van der Waals surface area contributed by atoms with Crippen molar-refractivity contribution in [1.29, 1.82) is 0 Å². The number of hydrogen-bond donors (Lipinski definition) is 1. The van der Waals surface area contributed by atoms with Crippen LogP contribution < -0.4 is 5.32 Å². The van der Waals surface area contributed by atoms with Crippen LogP contribution >= 0.6 is 0 Å². The molecule has 25 heavy (non-hydrogen) atoms. The molecule has 0 bridgehead atoms. The van der Waals surface area contributed by atoms with Crippen LogP contribution in [0, 0.1) is 5.92 Å². The lowest BCUT2D eigenvalue weighted by Gasteiger charge is -2.31. The number of rotatable bonds is 7. The fraction of sp³-hybridized carbons (Fsp3) is 0.500. The number of benzene rings is 2. The van der Waals surface area contributed by atoms with Gasteiger partial charge < -0.3 is 5.32 Å². The third kappa shape index (κ3) is 4.82. The van der Waals surface area contributed by atoms with Crippen LogP contribution in [0.5, 0.6) is 0 Å². The molecule has 1 N–H and O–H groups in total. The predicted octanol–water partition coefficient (Wildman–Crippen LogP) is 4.36. The standard InChI is InChI=1S/C22H30N2O/c1-2-3-6-14-23-22(25)19-12-15-24(16-13-19)17-20-10-7-9-18-8-4-5-11-21(18)20/h4-5,7-11,19H,2-3,6,12-17H2,1H3,(H,23,25). The smallest absolute Gasteiger partial charge is 0.223 e. The Bertz CT molecular complexity index is 684. The number of hydrogen-bond acceptors (Lipinski definition) is 2. The van der Waals surface area contributed by atoms with Gasteiger partial charge in [-0.3, -0.25) is 9.69 Å². The van der Waals surface area contributed by atoms with Crippen molar-refractivity contribution >= 4 is 16.7 Å². The second-order valence-electron chi connectivity index (χ2n) is 7.19. The van der Waals surface area contributed by atoms with Crippen LogP contribution in [-0.4, -0.2) is 30.4 Å². The molecule has 0 spiro atoms. The van der Waals surface area contributed by atoms with Gasteiger partial charge in [-0.1, -0.05) is 62.2 Å². The highest BCUT2D eigenvalue weighted by molar-refractivity contribution is 5.85. The molecule has 3 rings (SSSR count). The average molecular weight is 338 g/mol. The van der Waals surface area contributed by atoms with Crippen LogP contribution in [-0.2, 0) is 11.3 Å². The van der Waals surface area contributed by atoms with Gasteiger partial charge >= 0.3 is 0 Å². The summed E-state index contributed by atoms with van der Waals surface area (Å²) in [6.07, 6.45) is 5.45. The minimum absolute atomic E-state index is 0.199. The molecular formula is C22H30N2O. The zero-order chi connectivity index (χ0) is 17.5. The van der Waals surface area contributed by atoms with Crippen LogP contribution in [0.25, 0.3) is 10.8 Å². The Hall–Kier alpha value is -1.87. The third-order valence-electron chi connectivity index (χ3n) is 5.31. The van der Waals surface area contributed by atoms with Crippen molar-refractivity contribution in [3.05, 3.63) is 48.0 Å². The maximum Gasteiger partial charge on any atom is 0.223 e.